The molecule has 2 N–H and O–H groups in total. The van der Waals surface area contributed by atoms with Crippen LogP contribution in [-0.4, -0.2) is 37.3 Å². The van der Waals surface area contributed by atoms with E-state index in [1.165, 1.54) is 0 Å². The number of fused-ring (bicyclic) bond motifs is 1. The van der Waals surface area contributed by atoms with E-state index in [0.29, 0.717) is 25.2 Å². The Morgan fingerprint density at radius 2 is 1.86 bits per heavy atom. The summed E-state index contributed by atoms with van der Waals surface area (Å²) in [7, 11) is -3.65. The van der Waals surface area contributed by atoms with E-state index in [9.17, 15) is 8.42 Å². The van der Waals surface area contributed by atoms with E-state index >= 15 is 0 Å². The zero-order valence-electron chi connectivity index (χ0n) is 15.7. The number of halogens is 1. The fourth-order valence-electron chi connectivity index (χ4n) is 3.93. The lowest BCUT2D eigenvalue weighted by Crippen LogP contribution is -2.30. The van der Waals surface area contributed by atoms with Gasteiger partial charge in [0.25, 0.3) is 0 Å². The predicted octanol–water partition coefficient (Wildman–Crippen LogP) is 3.33. The van der Waals surface area contributed by atoms with E-state index in [1.54, 1.807) is 22.6 Å². The summed E-state index contributed by atoms with van der Waals surface area (Å²) in [5, 5.41) is 0.838. The average Bonchev–Trinajstić information content (AvgIpc) is 3.13. The molecule has 0 radical (unpaired) electrons. The van der Waals surface area contributed by atoms with Gasteiger partial charge >= 0.3 is 0 Å². The average molecular weight is 418 g/mol. The van der Waals surface area contributed by atoms with E-state index in [4.69, 9.17) is 5.73 Å². The van der Waals surface area contributed by atoms with Gasteiger partial charge in [0.15, 0.2) is 0 Å². The van der Waals surface area contributed by atoms with Gasteiger partial charge in [0.2, 0.25) is 10.0 Å². The monoisotopic (exact) mass is 417 g/mol. The summed E-state index contributed by atoms with van der Waals surface area (Å²) in [5.41, 5.74) is 8.64. The standard InChI is InChI=1S/C21H23N3O2S.ClH/c1-15-10-17-8-5-9-20(21(17)23-12-15)27(25,26)24-13-18(11-22)19(14-24)16-6-3-2-4-7-16;/h2-10,12,18-19H,11,13-14,22H2,1H3;1H/t18-,19+;/m1./s1. The lowest BCUT2D eigenvalue weighted by molar-refractivity contribution is 0.459. The number of nitrogens with zero attached hydrogens (tertiary/aromatic N) is 2. The minimum Gasteiger partial charge on any atom is -0.330 e. The van der Waals surface area contributed by atoms with Gasteiger partial charge in [-0.15, -0.1) is 12.4 Å². The number of aryl methyl sites for hydroxylation is 1. The molecule has 2 heterocycles. The maximum Gasteiger partial charge on any atom is 0.245 e. The maximum atomic E-state index is 13.4. The minimum absolute atomic E-state index is 0. The molecule has 0 aliphatic carbocycles. The molecule has 1 saturated heterocycles. The molecule has 4 rings (SSSR count). The van der Waals surface area contributed by atoms with Crippen LogP contribution in [0.4, 0.5) is 0 Å². The Morgan fingerprint density at radius 1 is 1.11 bits per heavy atom. The molecule has 3 aromatic rings. The van der Waals surface area contributed by atoms with Gasteiger partial charge in [-0.1, -0.05) is 42.5 Å². The van der Waals surface area contributed by atoms with Crippen LogP contribution >= 0.6 is 12.4 Å². The molecule has 7 heteroatoms. The number of pyridine rings is 1. The number of benzene rings is 2. The highest BCUT2D eigenvalue weighted by atomic mass is 35.5. The van der Waals surface area contributed by atoms with Crippen LogP contribution in [0.2, 0.25) is 0 Å². The van der Waals surface area contributed by atoms with Gasteiger partial charge in [0, 0.05) is 30.6 Å². The first-order valence-corrected chi connectivity index (χ1v) is 10.6. The van der Waals surface area contributed by atoms with Crippen molar-refractivity contribution in [2.24, 2.45) is 11.7 Å². The summed E-state index contributed by atoms with van der Waals surface area (Å²) in [6.45, 7) is 3.28. The Bertz CT molecular complexity index is 1070. The van der Waals surface area contributed by atoms with Gasteiger partial charge in [-0.2, -0.15) is 4.31 Å². The second-order valence-electron chi connectivity index (χ2n) is 7.18. The molecule has 0 unspecified atom stereocenters. The first kappa shape index (κ1) is 20.7. The molecule has 0 bridgehead atoms. The third-order valence-corrected chi connectivity index (χ3v) is 7.23. The predicted molar refractivity (Wildman–Crippen MR) is 114 cm³/mol. The summed E-state index contributed by atoms with van der Waals surface area (Å²) in [4.78, 5) is 4.67. The summed E-state index contributed by atoms with van der Waals surface area (Å²) < 4.78 is 28.4. The van der Waals surface area contributed by atoms with Crippen molar-refractivity contribution < 1.29 is 8.42 Å². The molecule has 2 atom stereocenters. The molecule has 1 aromatic heterocycles. The molecule has 28 heavy (non-hydrogen) atoms. The number of aromatic nitrogens is 1. The maximum absolute atomic E-state index is 13.4. The molecule has 148 valence electrons. The fourth-order valence-corrected chi connectivity index (χ4v) is 5.62. The van der Waals surface area contributed by atoms with Crippen LogP contribution < -0.4 is 5.73 Å². The number of nitrogens with two attached hydrogens (primary N) is 1. The zero-order chi connectivity index (χ0) is 19.0. The molecule has 0 saturated carbocycles. The highest BCUT2D eigenvalue weighted by Crippen LogP contribution is 2.36. The summed E-state index contributed by atoms with van der Waals surface area (Å²) >= 11 is 0. The third kappa shape index (κ3) is 3.65. The summed E-state index contributed by atoms with van der Waals surface area (Å²) in [6, 6.07) is 17.3. The Hall–Kier alpha value is -1.99. The third-order valence-electron chi connectivity index (χ3n) is 5.37. The highest BCUT2D eigenvalue weighted by Gasteiger charge is 2.40. The lowest BCUT2D eigenvalue weighted by Gasteiger charge is -2.18. The number of hydrogen-bond acceptors (Lipinski definition) is 4. The van der Waals surface area contributed by atoms with Crippen molar-refractivity contribution in [2.75, 3.05) is 19.6 Å². The first-order valence-electron chi connectivity index (χ1n) is 9.11. The highest BCUT2D eigenvalue weighted by molar-refractivity contribution is 7.89. The van der Waals surface area contributed by atoms with Crippen molar-refractivity contribution >= 4 is 33.3 Å². The molecule has 1 aliphatic heterocycles. The topological polar surface area (TPSA) is 76.3 Å². The van der Waals surface area contributed by atoms with Gasteiger partial charge in [-0.3, -0.25) is 4.98 Å². The largest absolute Gasteiger partial charge is 0.330 e. The normalized spacial score (nSPS) is 20.2. The quantitative estimate of drug-likeness (QED) is 0.706. The number of para-hydroxylation sites is 1. The molecule has 1 aliphatic rings. The van der Waals surface area contributed by atoms with Gasteiger partial charge < -0.3 is 5.73 Å². The Balaban J connectivity index is 0.00000225. The van der Waals surface area contributed by atoms with Crippen molar-refractivity contribution in [3.8, 4) is 0 Å². The van der Waals surface area contributed by atoms with E-state index in [1.807, 2.05) is 49.4 Å². The molecular weight excluding hydrogens is 394 g/mol. The SMILES string of the molecule is Cc1cnc2c(S(=O)(=O)N3C[C@@H](CN)[C@H](c4ccccc4)C3)cccc2c1.Cl. The molecule has 5 nitrogen and oxygen atoms in total. The molecular formula is C21H24ClN3O2S. The summed E-state index contributed by atoms with van der Waals surface area (Å²) in [6.07, 6.45) is 1.71. The van der Waals surface area contributed by atoms with Gasteiger partial charge in [-0.25, -0.2) is 8.42 Å². The Labute approximate surface area is 172 Å². The first-order chi connectivity index (χ1) is 13.0. The minimum atomic E-state index is -3.65. The van der Waals surface area contributed by atoms with Crippen LogP contribution in [0.3, 0.4) is 0 Å². The molecule has 2 aromatic carbocycles. The van der Waals surface area contributed by atoms with Crippen molar-refractivity contribution in [1.82, 2.24) is 9.29 Å². The molecule has 0 amide bonds. The van der Waals surface area contributed by atoms with E-state index < -0.39 is 10.0 Å². The lowest BCUT2D eigenvalue weighted by atomic mass is 9.89. The van der Waals surface area contributed by atoms with E-state index in [2.05, 4.69) is 4.98 Å². The van der Waals surface area contributed by atoms with Gasteiger partial charge in [0.05, 0.1) is 5.52 Å². The van der Waals surface area contributed by atoms with Crippen molar-refractivity contribution in [3.05, 3.63) is 71.9 Å². The van der Waals surface area contributed by atoms with Gasteiger partial charge in [0.1, 0.15) is 4.90 Å². The number of sulfonamides is 1. The van der Waals surface area contributed by atoms with Crippen molar-refractivity contribution in [2.45, 2.75) is 17.7 Å². The Kier molecular flexibility index (Phi) is 6.05. The Morgan fingerprint density at radius 3 is 2.57 bits per heavy atom. The summed E-state index contributed by atoms with van der Waals surface area (Å²) in [5.74, 6) is 0.212. The van der Waals surface area contributed by atoms with Crippen molar-refractivity contribution in [3.63, 3.8) is 0 Å². The van der Waals surface area contributed by atoms with Crippen LogP contribution in [0.25, 0.3) is 10.9 Å². The fraction of sp³-hybridized carbons (Fsp3) is 0.286. The smallest absolute Gasteiger partial charge is 0.245 e. The van der Waals surface area contributed by atoms with E-state index in [0.717, 1.165) is 16.5 Å². The number of hydrogen-bond donors (Lipinski definition) is 1. The second-order valence-corrected chi connectivity index (χ2v) is 9.08. The van der Waals surface area contributed by atoms with Crippen LogP contribution in [0, 0.1) is 12.8 Å². The van der Waals surface area contributed by atoms with Crippen LogP contribution in [0.5, 0.6) is 0 Å². The van der Waals surface area contributed by atoms with Crippen LogP contribution in [0.15, 0.2) is 65.7 Å². The van der Waals surface area contributed by atoms with Crippen molar-refractivity contribution in [1.29, 1.82) is 0 Å². The van der Waals surface area contributed by atoms with Gasteiger partial charge in [-0.05, 0) is 42.6 Å². The van der Waals surface area contributed by atoms with Crippen LogP contribution in [0.1, 0.15) is 17.0 Å². The van der Waals surface area contributed by atoms with Crippen LogP contribution in [-0.2, 0) is 10.0 Å². The number of rotatable bonds is 4. The van der Waals surface area contributed by atoms with E-state index in [-0.39, 0.29) is 29.1 Å². The molecule has 1 fully saturated rings. The second kappa shape index (κ2) is 8.17. The molecule has 0 spiro atoms. The zero-order valence-corrected chi connectivity index (χ0v) is 17.3.